The van der Waals surface area contributed by atoms with Gasteiger partial charge in [0.2, 0.25) is 0 Å². The molecular weight excluding hydrogens is 516 g/mol. The van der Waals surface area contributed by atoms with Gasteiger partial charge < -0.3 is 29.9 Å². The van der Waals surface area contributed by atoms with E-state index in [1.54, 1.807) is 5.57 Å². The fraction of sp³-hybridized carbons (Fsp3) is 0.829. The largest absolute Gasteiger partial charge is 0.394 e. The molecular formula is C35H56O6. The van der Waals surface area contributed by atoms with Crippen LogP contribution >= 0.6 is 0 Å². The van der Waals surface area contributed by atoms with Gasteiger partial charge in [0.05, 0.1) is 12.7 Å². The van der Waals surface area contributed by atoms with Gasteiger partial charge in [0, 0.05) is 5.41 Å². The minimum absolute atomic E-state index is 0.0503. The quantitative estimate of drug-likeness (QED) is 0.285. The highest BCUT2D eigenvalue weighted by Gasteiger charge is 2.56. The van der Waals surface area contributed by atoms with Crippen LogP contribution in [0.15, 0.2) is 35.5 Å². The Kier molecular flexibility index (Phi) is 9.32. The van der Waals surface area contributed by atoms with E-state index < -0.39 is 37.3 Å². The van der Waals surface area contributed by atoms with E-state index in [1.165, 1.54) is 31.3 Å². The Labute approximate surface area is 247 Å². The fourth-order valence-electron chi connectivity index (χ4n) is 9.60. The number of rotatable bonds is 8. The number of hydrogen-bond donors (Lipinski definition) is 4. The molecule has 0 amide bonds. The van der Waals surface area contributed by atoms with E-state index >= 15 is 0 Å². The molecule has 0 aromatic carbocycles. The monoisotopic (exact) mass is 572 g/mol. The first-order valence-electron chi connectivity index (χ1n) is 16.5. The standard InChI is InChI=1S/C35H56O6/c1-7-22(20(2)3)9-8-21(4)26-12-13-27-25-11-10-23-18-24(14-16-34(23,5)28(25)15-17-35(26,27)6)40-33-32(39)31(38)30(37)29(19-36)41-33/h8-10,15,20-22,24-27,29-33,36-39H,7,11-14,16-19H2,1-6H3. The van der Waals surface area contributed by atoms with Crippen LogP contribution in [0.1, 0.15) is 92.9 Å². The Bertz CT molecular complexity index is 1020. The summed E-state index contributed by atoms with van der Waals surface area (Å²) in [6.45, 7) is 14.0. The van der Waals surface area contributed by atoms with Crippen molar-refractivity contribution >= 4 is 0 Å². The van der Waals surface area contributed by atoms with Gasteiger partial charge in [-0.25, -0.2) is 0 Å². The predicted molar refractivity (Wildman–Crippen MR) is 161 cm³/mol. The van der Waals surface area contributed by atoms with Gasteiger partial charge in [-0.3, -0.25) is 0 Å². The zero-order valence-corrected chi connectivity index (χ0v) is 26.2. The van der Waals surface area contributed by atoms with Crippen LogP contribution in [0.5, 0.6) is 0 Å². The lowest BCUT2D eigenvalue weighted by molar-refractivity contribution is -0.312. The first-order valence-corrected chi connectivity index (χ1v) is 16.5. The highest BCUT2D eigenvalue weighted by Crippen LogP contribution is 2.65. The molecule has 13 unspecified atom stereocenters. The van der Waals surface area contributed by atoms with Gasteiger partial charge in [-0.15, -0.1) is 0 Å². The molecule has 0 spiro atoms. The van der Waals surface area contributed by atoms with Crippen LogP contribution in [0.2, 0.25) is 0 Å². The molecule has 41 heavy (non-hydrogen) atoms. The molecule has 3 fully saturated rings. The van der Waals surface area contributed by atoms with Gasteiger partial charge in [-0.1, -0.05) is 77.0 Å². The van der Waals surface area contributed by atoms with E-state index in [0.29, 0.717) is 29.1 Å². The Balaban J connectivity index is 1.27. The molecule has 6 heteroatoms. The first-order chi connectivity index (χ1) is 19.4. The Morgan fingerprint density at radius 1 is 1.02 bits per heavy atom. The lowest BCUT2D eigenvalue weighted by Crippen LogP contribution is -2.59. The van der Waals surface area contributed by atoms with Crippen molar-refractivity contribution in [1.29, 1.82) is 0 Å². The van der Waals surface area contributed by atoms with E-state index in [-0.39, 0.29) is 11.5 Å². The zero-order valence-electron chi connectivity index (χ0n) is 26.2. The summed E-state index contributed by atoms with van der Waals surface area (Å²) < 4.78 is 11.8. The third-order valence-electron chi connectivity index (χ3n) is 12.3. The smallest absolute Gasteiger partial charge is 0.186 e. The average Bonchev–Trinajstić information content (AvgIpc) is 3.30. The molecule has 13 atom stereocenters. The minimum Gasteiger partial charge on any atom is -0.394 e. The molecule has 0 aromatic heterocycles. The van der Waals surface area contributed by atoms with Gasteiger partial charge in [-0.2, -0.15) is 0 Å². The number of ether oxygens (including phenoxy) is 2. The SMILES string of the molecule is CCC(C=CC(C)C1CCC2C3CC=C4CC(OC5OC(CO)C(O)C(O)C5O)CCC4(C)C3=CCC12C)C(C)C. The lowest BCUT2D eigenvalue weighted by Gasteiger charge is -2.54. The van der Waals surface area contributed by atoms with Crippen molar-refractivity contribution in [3.05, 3.63) is 35.5 Å². The Morgan fingerprint density at radius 3 is 2.46 bits per heavy atom. The molecule has 0 bridgehead atoms. The average molecular weight is 573 g/mol. The number of allylic oxidation sites excluding steroid dienone is 5. The van der Waals surface area contributed by atoms with Gasteiger partial charge in [0.15, 0.2) is 6.29 Å². The van der Waals surface area contributed by atoms with E-state index in [2.05, 4.69) is 65.8 Å². The topological polar surface area (TPSA) is 99.4 Å². The van der Waals surface area contributed by atoms with Gasteiger partial charge in [0.1, 0.15) is 24.4 Å². The van der Waals surface area contributed by atoms with Crippen LogP contribution in [-0.4, -0.2) is 63.8 Å². The van der Waals surface area contributed by atoms with Gasteiger partial charge in [-0.05, 0) is 92.3 Å². The number of aliphatic hydroxyl groups is 4. The molecule has 0 radical (unpaired) electrons. The zero-order chi connectivity index (χ0) is 29.7. The fourth-order valence-corrected chi connectivity index (χ4v) is 9.60. The lowest BCUT2D eigenvalue weighted by atomic mass is 9.51. The summed E-state index contributed by atoms with van der Waals surface area (Å²) in [6, 6.07) is 0. The van der Waals surface area contributed by atoms with Crippen LogP contribution in [0.25, 0.3) is 0 Å². The predicted octanol–water partition coefficient (Wildman–Crippen LogP) is 5.55. The Morgan fingerprint density at radius 2 is 1.78 bits per heavy atom. The minimum atomic E-state index is -1.41. The molecule has 1 heterocycles. The molecule has 1 saturated heterocycles. The van der Waals surface area contributed by atoms with E-state index in [4.69, 9.17) is 9.47 Å². The highest BCUT2D eigenvalue weighted by atomic mass is 16.7. The van der Waals surface area contributed by atoms with Crippen molar-refractivity contribution < 1.29 is 29.9 Å². The van der Waals surface area contributed by atoms with E-state index in [0.717, 1.165) is 37.5 Å². The summed E-state index contributed by atoms with van der Waals surface area (Å²) >= 11 is 0. The maximum atomic E-state index is 10.5. The number of hydrogen-bond acceptors (Lipinski definition) is 6. The molecule has 4 aliphatic carbocycles. The molecule has 5 aliphatic rings. The maximum Gasteiger partial charge on any atom is 0.186 e. The second-order valence-corrected chi connectivity index (χ2v) is 14.8. The number of aliphatic hydroxyl groups excluding tert-OH is 4. The molecule has 232 valence electrons. The first kappa shape index (κ1) is 31.4. The van der Waals surface area contributed by atoms with E-state index in [9.17, 15) is 20.4 Å². The van der Waals surface area contributed by atoms with Crippen LogP contribution < -0.4 is 0 Å². The Hall–Kier alpha value is -1.02. The molecule has 6 nitrogen and oxygen atoms in total. The summed E-state index contributed by atoms with van der Waals surface area (Å²) in [4.78, 5) is 0. The van der Waals surface area contributed by atoms with Crippen molar-refractivity contribution in [2.45, 2.75) is 130 Å². The van der Waals surface area contributed by atoms with Crippen molar-refractivity contribution in [3.63, 3.8) is 0 Å². The van der Waals surface area contributed by atoms with Gasteiger partial charge >= 0.3 is 0 Å². The van der Waals surface area contributed by atoms with Crippen molar-refractivity contribution in [3.8, 4) is 0 Å². The van der Waals surface area contributed by atoms with Crippen molar-refractivity contribution in [2.75, 3.05) is 6.61 Å². The summed E-state index contributed by atoms with van der Waals surface area (Å²) in [5.41, 5.74) is 3.48. The molecule has 5 rings (SSSR count). The van der Waals surface area contributed by atoms with Crippen LogP contribution in [-0.2, 0) is 9.47 Å². The second kappa shape index (κ2) is 12.2. The molecule has 1 aliphatic heterocycles. The number of fused-ring (bicyclic) bond motifs is 5. The van der Waals surface area contributed by atoms with Crippen molar-refractivity contribution in [1.82, 2.24) is 0 Å². The maximum absolute atomic E-state index is 10.5. The second-order valence-electron chi connectivity index (χ2n) is 14.8. The summed E-state index contributed by atoms with van der Waals surface area (Å²) in [6.07, 6.45) is 12.6. The normalized spacial score (nSPS) is 46.0. The van der Waals surface area contributed by atoms with Crippen LogP contribution in [0, 0.1) is 46.3 Å². The van der Waals surface area contributed by atoms with Crippen LogP contribution in [0.4, 0.5) is 0 Å². The highest BCUT2D eigenvalue weighted by molar-refractivity contribution is 5.39. The van der Waals surface area contributed by atoms with Crippen molar-refractivity contribution in [2.24, 2.45) is 46.3 Å². The molecule has 0 aromatic rings. The molecule has 4 N–H and O–H groups in total. The third-order valence-corrected chi connectivity index (χ3v) is 12.3. The third kappa shape index (κ3) is 5.55. The summed E-state index contributed by atoms with van der Waals surface area (Å²) in [5, 5.41) is 40.3. The van der Waals surface area contributed by atoms with Gasteiger partial charge in [0.25, 0.3) is 0 Å². The van der Waals surface area contributed by atoms with E-state index in [1.807, 2.05) is 0 Å². The molecule has 2 saturated carbocycles. The summed E-state index contributed by atoms with van der Waals surface area (Å²) in [5.74, 6) is 4.04. The van der Waals surface area contributed by atoms with Crippen LogP contribution in [0.3, 0.4) is 0 Å². The summed E-state index contributed by atoms with van der Waals surface area (Å²) in [7, 11) is 0.